The molecule has 1 aliphatic heterocycles. The molecule has 0 saturated carbocycles. The van der Waals surface area contributed by atoms with Crippen molar-refractivity contribution < 1.29 is 9.18 Å². The molecule has 2 aromatic rings. The van der Waals surface area contributed by atoms with Crippen molar-refractivity contribution in [3.63, 3.8) is 0 Å². The topological polar surface area (TPSA) is 54.0 Å². The summed E-state index contributed by atoms with van der Waals surface area (Å²) < 4.78 is 12.9. The molecule has 1 aliphatic rings. The lowest BCUT2D eigenvalue weighted by Gasteiger charge is -2.29. The maximum Gasteiger partial charge on any atom is 0.271 e. The van der Waals surface area contributed by atoms with E-state index in [2.05, 4.69) is 22.5 Å². The molecule has 0 spiro atoms. The number of aromatic nitrogens is 1. The number of benzene rings is 1. The summed E-state index contributed by atoms with van der Waals surface area (Å²) in [6.45, 7) is 3.97. The SMILES string of the molecule is CC1CNCCC1NC(=O)c1csc(-c2ccc(F)cc2)n1. The summed E-state index contributed by atoms with van der Waals surface area (Å²) >= 11 is 1.39. The predicted octanol–water partition coefficient (Wildman–Crippen LogP) is 2.68. The van der Waals surface area contributed by atoms with E-state index in [1.54, 1.807) is 17.5 Å². The molecule has 4 nitrogen and oxygen atoms in total. The Kier molecular flexibility index (Phi) is 4.49. The molecule has 1 amide bonds. The van der Waals surface area contributed by atoms with E-state index in [-0.39, 0.29) is 17.8 Å². The van der Waals surface area contributed by atoms with Crippen molar-refractivity contribution >= 4 is 17.2 Å². The summed E-state index contributed by atoms with van der Waals surface area (Å²) in [4.78, 5) is 16.7. The molecule has 0 aliphatic carbocycles. The third-order valence-corrected chi connectivity index (χ3v) is 4.82. The first-order valence-electron chi connectivity index (χ1n) is 7.36. The molecule has 2 unspecified atom stereocenters. The molecule has 1 aromatic carbocycles. The molecular weight excluding hydrogens is 301 g/mol. The Labute approximate surface area is 132 Å². The van der Waals surface area contributed by atoms with Gasteiger partial charge >= 0.3 is 0 Å². The van der Waals surface area contributed by atoms with Gasteiger partial charge in [0.2, 0.25) is 0 Å². The molecule has 2 N–H and O–H groups in total. The number of nitrogens with zero attached hydrogens (tertiary/aromatic N) is 1. The van der Waals surface area contributed by atoms with Crippen LogP contribution >= 0.6 is 11.3 Å². The second-order valence-electron chi connectivity index (χ2n) is 5.59. The first kappa shape index (κ1) is 15.1. The van der Waals surface area contributed by atoms with Crippen LogP contribution in [0, 0.1) is 11.7 Å². The maximum atomic E-state index is 12.9. The minimum absolute atomic E-state index is 0.136. The fourth-order valence-electron chi connectivity index (χ4n) is 2.57. The van der Waals surface area contributed by atoms with Gasteiger partial charge in [0.1, 0.15) is 16.5 Å². The van der Waals surface area contributed by atoms with E-state index in [0.717, 1.165) is 30.1 Å². The van der Waals surface area contributed by atoms with Crippen molar-refractivity contribution in [1.82, 2.24) is 15.6 Å². The van der Waals surface area contributed by atoms with Crippen LogP contribution < -0.4 is 10.6 Å². The zero-order valence-electron chi connectivity index (χ0n) is 12.3. The van der Waals surface area contributed by atoms with Crippen LogP contribution in [0.15, 0.2) is 29.6 Å². The Balaban J connectivity index is 1.70. The van der Waals surface area contributed by atoms with Gasteiger partial charge in [0, 0.05) is 17.0 Å². The van der Waals surface area contributed by atoms with E-state index >= 15 is 0 Å². The normalized spacial score (nSPS) is 21.5. The van der Waals surface area contributed by atoms with Crippen LogP contribution in [-0.2, 0) is 0 Å². The van der Waals surface area contributed by atoms with Crippen LogP contribution in [0.4, 0.5) is 4.39 Å². The molecule has 22 heavy (non-hydrogen) atoms. The smallest absolute Gasteiger partial charge is 0.271 e. The molecular formula is C16H18FN3OS. The Morgan fingerprint density at radius 3 is 2.91 bits per heavy atom. The van der Waals surface area contributed by atoms with Gasteiger partial charge in [-0.1, -0.05) is 6.92 Å². The van der Waals surface area contributed by atoms with Crippen molar-refractivity contribution in [1.29, 1.82) is 0 Å². The molecule has 6 heteroatoms. The number of thiazole rings is 1. The Hall–Kier alpha value is -1.79. The number of piperidine rings is 1. The zero-order valence-corrected chi connectivity index (χ0v) is 13.1. The van der Waals surface area contributed by atoms with Gasteiger partial charge < -0.3 is 10.6 Å². The van der Waals surface area contributed by atoms with Gasteiger partial charge in [0.15, 0.2) is 0 Å². The quantitative estimate of drug-likeness (QED) is 0.914. The summed E-state index contributed by atoms with van der Waals surface area (Å²) in [5.74, 6) is -0.00515. The van der Waals surface area contributed by atoms with Crippen molar-refractivity contribution in [2.75, 3.05) is 13.1 Å². The minimum Gasteiger partial charge on any atom is -0.348 e. The van der Waals surface area contributed by atoms with Crippen LogP contribution in [0.5, 0.6) is 0 Å². The van der Waals surface area contributed by atoms with E-state index in [1.165, 1.54) is 23.5 Å². The first-order valence-corrected chi connectivity index (χ1v) is 8.24. The van der Waals surface area contributed by atoms with Gasteiger partial charge in [0.05, 0.1) is 0 Å². The maximum absolute atomic E-state index is 12.9. The van der Waals surface area contributed by atoms with E-state index < -0.39 is 0 Å². The third-order valence-electron chi connectivity index (χ3n) is 3.93. The van der Waals surface area contributed by atoms with E-state index in [4.69, 9.17) is 0 Å². The van der Waals surface area contributed by atoms with Crippen LogP contribution in [0.3, 0.4) is 0 Å². The number of hydrogen-bond donors (Lipinski definition) is 2. The zero-order chi connectivity index (χ0) is 15.5. The van der Waals surface area contributed by atoms with Crippen LogP contribution in [0.25, 0.3) is 10.6 Å². The van der Waals surface area contributed by atoms with Gasteiger partial charge in [-0.3, -0.25) is 4.79 Å². The largest absolute Gasteiger partial charge is 0.348 e. The van der Waals surface area contributed by atoms with Crippen molar-refractivity contribution in [3.05, 3.63) is 41.2 Å². The highest BCUT2D eigenvalue weighted by Crippen LogP contribution is 2.24. The molecule has 3 rings (SSSR count). The molecule has 1 saturated heterocycles. The number of rotatable bonds is 3. The number of halogens is 1. The Morgan fingerprint density at radius 1 is 1.41 bits per heavy atom. The molecule has 1 aromatic heterocycles. The predicted molar refractivity (Wildman–Crippen MR) is 85.4 cm³/mol. The third kappa shape index (κ3) is 3.34. The summed E-state index contributed by atoms with van der Waals surface area (Å²) in [6.07, 6.45) is 0.932. The summed E-state index contributed by atoms with van der Waals surface area (Å²) in [5, 5.41) is 8.85. The average Bonchev–Trinajstić information content (AvgIpc) is 3.00. The number of carbonyl (C=O) groups is 1. The second-order valence-corrected chi connectivity index (χ2v) is 6.45. The van der Waals surface area contributed by atoms with Gasteiger partial charge in [-0.15, -0.1) is 11.3 Å². The number of carbonyl (C=O) groups excluding carboxylic acids is 1. The lowest BCUT2D eigenvalue weighted by molar-refractivity contribution is 0.0910. The highest BCUT2D eigenvalue weighted by atomic mass is 32.1. The van der Waals surface area contributed by atoms with Gasteiger partial charge in [-0.2, -0.15) is 0 Å². The molecule has 2 atom stereocenters. The molecule has 1 fully saturated rings. The van der Waals surface area contributed by atoms with Gasteiger partial charge in [-0.25, -0.2) is 9.37 Å². The molecule has 0 radical (unpaired) electrons. The van der Waals surface area contributed by atoms with Crippen LogP contribution in [-0.4, -0.2) is 30.0 Å². The highest BCUT2D eigenvalue weighted by molar-refractivity contribution is 7.13. The minimum atomic E-state index is -0.279. The summed E-state index contributed by atoms with van der Waals surface area (Å²) in [7, 11) is 0. The van der Waals surface area contributed by atoms with Crippen LogP contribution in [0.1, 0.15) is 23.8 Å². The second kappa shape index (κ2) is 6.54. The molecule has 116 valence electrons. The fraction of sp³-hybridized carbons (Fsp3) is 0.375. The highest BCUT2D eigenvalue weighted by Gasteiger charge is 2.24. The first-order chi connectivity index (χ1) is 10.6. The fourth-order valence-corrected chi connectivity index (χ4v) is 3.38. The lowest BCUT2D eigenvalue weighted by Crippen LogP contribution is -2.48. The standard InChI is InChI=1S/C16H18FN3OS/c1-10-8-18-7-6-13(10)19-15(21)14-9-22-16(20-14)11-2-4-12(17)5-3-11/h2-5,9-10,13,18H,6-8H2,1H3,(H,19,21). The number of hydrogen-bond acceptors (Lipinski definition) is 4. The number of amides is 1. The monoisotopic (exact) mass is 319 g/mol. The average molecular weight is 319 g/mol. The summed E-state index contributed by atoms with van der Waals surface area (Å²) in [5.41, 5.74) is 1.25. The van der Waals surface area contributed by atoms with Crippen LogP contribution in [0.2, 0.25) is 0 Å². The number of nitrogens with one attached hydrogen (secondary N) is 2. The van der Waals surface area contributed by atoms with Gasteiger partial charge in [-0.05, 0) is 49.7 Å². The Morgan fingerprint density at radius 2 is 2.18 bits per heavy atom. The Bertz CT molecular complexity index is 656. The van der Waals surface area contributed by atoms with E-state index in [1.807, 2.05) is 0 Å². The van der Waals surface area contributed by atoms with E-state index in [0.29, 0.717) is 11.6 Å². The molecule has 0 bridgehead atoms. The van der Waals surface area contributed by atoms with Crippen molar-refractivity contribution in [2.45, 2.75) is 19.4 Å². The lowest BCUT2D eigenvalue weighted by atomic mass is 9.95. The van der Waals surface area contributed by atoms with Gasteiger partial charge in [0.25, 0.3) is 5.91 Å². The summed E-state index contributed by atoms with van der Waals surface area (Å²) in [6, 6.07) is 6.32. The van der Waals surface area contributed by atoms with E-state index in [9.17, 15) is 9.18 Å². The van der Waals surface area contributed by atoms with Crippen molar-refractivity contribution in [3.8, 4) is 10.6 Å². The van der Waals surface area contributed by atoms with Crippen molar-refractivity contribution in [2.24, 2.45) is 5.92 Å². The molecule has 2 heterocycles.